The lowest BCUT2D eigenvalue weighted by Crippen LogP contribution is -2.34. The molecule has 0 atom stereocenters. The van der Waals surface area contributed by atoms with Crippen LogP contribution in [0.25, 0.3) is 0 Å². The third kappa shape index (κ3) is 3.95. The van der Waals surface area contributed by atoms with Crippen LogP contribution in [-0.2, 0) is 6.54 Å². The Balaban J connectivity index is 2.09. The Hall–Kier alpha value is -1.09. The van der Waals surface area contributed by atoms with E-state index >= 15 is 0 Å². The first-order valence-electron chi connectivity index (χ1n) is 7.85. The molecule has 2 rings (SSSR count). The molecule has 1 aliphatic carbocycles. The molecule has 0 radical (unpaired) electrons. The summed E-state index contributed by atoms with van der Waals surface area (Å²) in [4.78, 5) is 2.45. The molecule has 0 bridgehead atoms. The number of benzene rings is 1. The van der Waals surface area contributed by atoms with Gasteiger partial charge in [-0.3, -0.25) is 4.90 Å². The van der Waals surface area contributed by atoms with E-state index in [2.05, 4.69) is 18.7 Å². The van der Waals surface area contributed by atoms with Crippen LogP contribution < -0.4 is 5.73 Å². The van der Waals surface area contributed by atoms with Gasteiger partial charge in [-0.15, -0.1) is 0 Å². The monoisotopic (exact) mass is 278 g/mol. The Morgan fingerprint density at radius 1 is 1.30 bits per heavy atom. The van der Waals surface area contributed by atoms with Crippen LogP contribution >= 0.6 is 0 Å². The number of anilines is 1. The van der Waals surface area contributed by atoms with Gasteiger partial charge in [0.25, 0.3) is 0 Å². The molecular weight excluding hydrogens is 251 g/mol. The Kier molecular flexibility index (Phi) is 5.41. The van der Waals surface area contributed by atoms with Crippen molar-refractivity contribution in [3.8, 4) is 0 Å². The van der Waals surface area contributed by atoms with E-state index in [4.69, 9.17) is 5.73 Å². The van der Waals surface area contributed by atoms with Crippen molar-refractivity contribution in [2.24, 2.45) is 5.92 Å². The normalized spacial score (nSPS) is 16.4. The summed E-state index contributed by atoms with van der Waals surface area (Å²) in [5.74, 6) is 0.509. The number of hydrogen-bond donors (Lipinski definition) is 1. The van der Waals surface area contributed by atoms with Crippen LogP contribution in [0.2, 0.25) is 0 Å². The summed E-state index contributed by atoms with van der Waals surface area (Å²) in [7, 11) is 0. The minimum atomic E-state index is -0.169. The van der Waals surface area contributed by atoms with Gasteiger partial charge in [0.15, 0.2) is 0 Å². The first-order chi connectivity index (χ1) is 9.58. The lowest BCUT2D eigenvalue weighted by molar-refractivity contribution is 0.178. The van der Waals surface area contributed by atoms with Crippen molar-refractivity contribution in [3.63, 3.8) is 0 Å². The summed E-state index contributed by atoms with van der Waals surface area (Å²) >= 11 is 0. The fourth-order valence-electron chi connectivity index (χ4n) is 3.03. The first-order valence-corrected chi connectivity index (χ1v) is 7.85. The van der Waals surface area contributed by atoms with Crippen molar-refractivity contribution in [1.29, 1.82) is 0 Å². The molecule has 0 saturated heterocycles. The van der Waals surface area contributed by atoms with Gasteiger partial charge >= 0.3 is 0 Å². The third-order valence-electron chi connectivity index (χ3n) is 4.35. The van der Waals surface area contributed by atoms with Crippen molar-refractivity contribution in [2.75, 3.05) is 12.3 Å². The van der Waals surface area contributed by atoms with Crippen molar-refractivity contribution in [1.82, 2.24) is 4.90 Å². The molecule has 0 aromatic heterocycles. The van der Waals surface area contributed by atoms with Gasteiger partial charge in [0, 0.05) is 23.8 Å². The van der Waals surface area contributed by atoms with Gasteiger partial charge in [0.1, 0.15) is 5.82 Å². The summed E-state index contributed by atoms with van der Waals surface area (Å²) in [6, 6.07) is 5.60. The van der Waals surface area contributed by atoms with Crippen molar-refractivity contribution >= 4 is 5.69 Å². The number of rotatable bonds is 6. The average molecular weight is 278 g/mol. The van der Waals surface area contributed by atoms with Crippen molar-refractivity contribution in [2.45, 2.75) is 58.5 Å². The van der Waals surface area contributed by atoms with Crippen LogP contribution in [-0.4, -0.2) is 17.5 Å². The molecule has 1 aromatic carbocycles. The van der Waals surface area contributed by atoms with E-state index in [9.17, 15) is 4.39 Å². The summed E-state index contributed by atoms with van der Waals surface area (Å²) in [6.45, 7) is 6.17. The Bertz CT molecular complexity index is 405. The molecule has 112 valence electrons. The molecule has 2 N–H and O–H groups in total. The third-order valence-corrected chi connectivity index (χ3v) is 4.35. The summed E-state index contributed by atoms with van der Waals surface area (Å²) < 4.78 is 14.0. The first kappa shape index (κ1) is 15.3. The number of nitrogen functional groups attached to an aromatic ring is 1. The summed E-state index contributed by atoms with van der Waals surface area (Å²) in [5, 5.41) is 0. The summed E-state index contributed by atoms with van der Waals surface area (Å²) in [6.07, 6.45) is 6.25. The summed E-state index contributed by atoms with van der Waals surface area (Å²) in [5.41, 5.74) is 7.21. The van der Waals surface area contributed by atoms with Crippen LogP contribution in [0.4, 0.5) is 10.1 Å². The fourth-order valence-corrected chi connectivity index (χ4v) is 3.03. The largest absolute Gasteiger partial charge is 0.398 e. The maximum absolute atomic E-state index is 14.0. The number of hydrogen-bond acceptors (Lipinski definition) is 2. The van der Waals surface area contributed by atoms with Gasteiger partial charge in [-0.1, -0.05) is 32.8 Å². The molecule has 1 fully saturated rings. The van der Waals surface area contributed by atoms with Gasteiger partial charge < -0.3 is 5.73 Å². The molecule has 0 aliphatic heterocycles. The Morgan fingerprint density at radius 3 is 2.60 bits per heavy atom. The molecule has 1 aromatic rings. The van der Waals surface area contributed by atoms with E-state index in [0.717, 1.165) is 13.0 Å². The number of nitrogens with two attached hydrogens (primary N) is 1. The zero-order valence-electron chi connectivity index (χ0n) is 12.7. The SMILES string of the molecule is CC(C)CCN(Cc1c(N)cccc1F)C1CCCC1. The smallest absolute Gasteiger partial charge is 0.129 e. The van der Waals surface area contributed by atoms with E-state index < -0.39 is 0 Å². The molecule has 3 heteroatoms. The maximum atomic E-state index is 14.0. The molecule has 0 heterocycles. The fraction of sp³-hybridized carbons (Fsp3) is 0.647. The van der Waals surface area contributed by atoms with Gasteiger partial charge in [0.2, 0.25) is 0 Å². The molecule has 2 nitrogen and oxygen atoms in total. The highest BCUT2D eigenvalue weighted by Crippen LogP contribution is 2.27. The minimum absolute atomic E-state index is 0.169. The molecule has 0 unspecified atom stereocenters. The topological polar surface area (TPSA) is 29.3 Å². The highest BCUT2D eigenvalue weighted by molar-refractivity contribution is 5.47. The van der Waals surface area contributed by atoms with E-state index in [1.165, 1.54) is 31.7 Å². The van der Waals surface area contributed by atoms with Gasteiger partial charge in [-0.2, -0.15) is 0 Å². The molecule has 20 heavy (non-hydrogen) atoms. The molecular formula is C17H27FN2. The van der Waals surface area contributed by atoms with Crippen molar-refractivity contribution in [3.05, 3.63) is 29.6 Å². The lowest BCUT2D eigenvalue weighted by atomic mass is 10.1. The lowest BCUT2D eigenvalue weighted by Gasteiger charge is -2.30. The van der Waals surface area contributed by atoms with Crippen molar-refractivity contribution < 1.29 is 4.39 Å². The maximum Gasteiger partial charge on any atom is 0.129 e. The number of nitrogens with zero attached hydrogens (tertiary/aromatic N) is 1. The zero-order valence-corrected chi connectivity index (χ0v) is 12.7. The van der Waals surface area contributed by atoms with Crippen LogP contribution in [0, 0.1) is 11.7 Å². The van der Waals surface area contributed by atoms with E-state index in [0.29, 0.717) is 29.8 Å². The predicted molar refractivity (Wildman–Crippen MR) is 82.9 cm³/mol. The van der Waals surface area contributed by atoms with Crippen LogP contribution in [0.15, 0.2) is 18.2 Å². The van der Waals surface area contributed by atoms with E-state index in [1.807, 2.05) is 0 Å². The Labute approximate surface area is 122 Å². The highest BCUT2D eigenvalue weighted by atomic mass is 19.1. The minimum Gasteiger partial charge on any atom is -0.398 e. The second kappa shape index (κ2) is 7.07. The van der Waals surface area contributed by atoms with E-state index in [1.54, 1.807) is 12.1 Å². The zero-order chi connectivity index (χ0) is 14.5. The van der Waals surface area contributed by atoms with Crippen LogP contribution in [0.3, 0.4) is 0 Å². The van der Waals surface area contributed by atoms with Crippen LogP contribution in [0.1, 0.15) is 51.5 Å². The molecule has 1 aliphatic rings. The second-order valence-corrected chi connectivity index (χ2v) is 6.40. The second-order valence-electron chi connectivity index (χ2n) is 6.40. The molecule has 0 amide bonds. The predicted octanol–water partition coefficient (Wildman–Crippen LogP) is 4.20. The van der Waals surface area contributed by atoms with Gasteiger partial charge in [0.05, 0.1) is 0 Å². The molecule has 0 spiro atoms. The van der Waals surface area contributed by atoms with Gasteiger partial charge in [-0.05, 0) is 43.9 Å². The van der Waals surface area contributed by atoms with Crippen LogP contribution in [0.5, 0.6) is 0 Å². The highest BCUT2D eigenvalue weighted by Gasteiger charge is 2.24. The van der Waals surface area contributed by atoms with E-state index in [-0.39, 0.29) is 5.82 Å². The number of halogens is 1. The van der Waals surface area contributed by atoms with Gasteiger partial charge in [-0.25, -0.2) is 4.39 Å². The quantitative estimate of drug-likeness (QED) is 0.790. The molecule has 1 saturated carbocycles. The standard InChI is InChI=1S/C17H27FN2/c1-13(2)10-11-20(14-6-3-4-7-14)12-15-16(18)8-5-9-17(15)19/h5,8-9,13-14H,3-4,6-7,10-12,19H2,1-2H3. The Morgan fingerprint density at radius 2 is 2.00 bits per heavy atom. The average Bonchev–Trinajstić information content (AvgIpc) is 2.91.